The maximum Gasteiger partial charge on any atom is 0.335 e. The highest BCUT2D eigenvalue weighted by molar-refractivity contribution is 5.90. The third-order valence-corrected chi connectivity index (χ3v) is 2.84. The normalized spacial score (nSPS) is 15.6. The number of nitrogens with one attached hydrogen (secondary N) is 1. The van der Waals surface area contributed by atoms with Gasteiger partial charge in [-0.25, -0.2) is 4.79 Å². The first kappa shape index (κ1) is 11.4. The Kier molecular flexibility index (Phi) is 2.99. The van der Waals surface area contributed by atoms with Crippen molar-refractivity contribution >= 4 is 17.6 Å². The number of piperazine rings is 1. The van der Waals surface area contributed by atoms with Crippen molar-refractivity contribution in [1.29, 1.82) is 0 Å². The first-order valence-electron chi connectivity index (χ1n) is 5.43. The number of anilines is 1. The predicted molar refractivity (Wildman–Crippen MR) is 63.4 cm³/mol. The van der Waals surface area contributed by atoms with Crippen molar-refractivity contribution in [3.8, 4) is 0 Å². The van der Waals surface area contributed by atoms with Gasteiger partial charge in [0.2, 0.25) is 5.91 Å². The molecule has 0 saturated carbocycles. The second kappa shape index (κ2) is 4.45. The Bertz CT molecular complexity index is 471. The second-order valence-electron chi connectivity index (χ2n) is 4.08. The third kappa shape index (κ3) is 2.38. The average Bonchev–Trinajstić information content (AvgIpc) is 2.28. The van der Waals surface area contributed by atoms with E-state index >= 15 is 0 Å². The van der Waals surface area contributed by atoms with Gasteiger partial charge in [0, 0.05) is 18.8 Å². The summed E-state index contributed by atoms with van der Waals surface area (Å²) in [6.45, 7) is 3.46. The van der Waals surface area contributed by atoms with Crippen LogP contribution in [0, 0.1) is 6.92 Å². The van der Waals surface area contributed by atoms with E-state index in [1.54, 1.807) is 19.1 Å². The minimum atomic E-state index is -0.926. The molecule has 0 aliphatic carbocycles. The molecule has 1 fully saturated rings. The zero-order valence-corrected chi connectivity index (χ0v) is 9.56. The molecule has 2 rings (SSSR count). The lowest BCUT2D eigenvalue weighted by atomic mass is 10.1. The summed E-state index contributed by atoms with van der Waals surface area (Å²) in [4.78, 5) is 24.1. The fraction of sp³-hybridized carbons (Fsp3) is 0.333. The highest BCUT2D eigenvalue weighted by Crippen LogP contribution is 2.19. The molecule has 0 spiro atoms. The van der Waals surface area contributed by atoms with Gasteiger partial charge >= 0.3 is 5.97 Å². The Hall–Kier alpha value is -2.04. The van der Waals surface area contributed by atoms with Gasteiger partial charge in [-0.15, -0.1) is 0 Å². The molecule has 1 aromatic rings. The van der Waals surface area contributed by atoms with Gasteiger partial charge in [0.1, 0.15) is 0 Å². The molecule has 0 unspecified atom stereocenters. The molecule has 5 nitrogen and oxygen atoms in total. The first-order chi connectivity index (χ1) is 8.08. The summed E-state index contributed by atoms with van der Waals surface area (Å²) in [5, 5.41) is 11.7. The molecular formula is C12H14N2O3. The van der Waals surface area contributed by atoms with Gasteiger partial charge in [-0.1, -0.05) is 0 Å². The van der Waals surface area contributed by atoms with Crippen LogP contribution in [0.3, 0.4) is 0 Å². The second-order valence-corrected chi connectivity index (χ2v) is 4.08. The van der Waals surface area contributed by atoms with E-state index in [0.29, 0.717) is 24.2 Å². The molecular weight excluding hydrogens is 220 g/mol. The van der Waals surface area contributed by atoms with Gasteiger partial charge in [0.25, 0.3) is 0 Å². The molecule has 1 aliphatic heterocycles. The minimum Gasteiger partial charge on any atom is -0.478 e. The molecule has 1 amide bonds. The number of nitrogens with zero attached hydrogens (tertiary/aromatic N) is 1. The molecule has 1 saturated heterocycles. The van der Waals surface area contributed by atoms with Gasteiger partial charge in [-0.05, 0) is 30.7 Å². The molecule has 1 aliphatic rings. The van der Waals surface area contributed by atoms with Gasteiger partial charge in [-0.2, -0.15) is 0 Å². The number of amides is 1. The summed E-state index contributed by atoms with van der Waals surface area (Å²) in [5.74, 6) is -0.929. The van der Waals surface area contributed by atoms with Crippen LogP contribution in [0.4, 0.5) is 5.69 Å². The maximum absolute atomic E-state index is 11.3. The van der Waals surface area contributed by atoms with Crippen LogP contribution in [-0.4, -0.2) is 36.6 Å². The van der Waals surface area contributed by atoms with Crippen LogP contribution < -0.4 is 10.2 Å². The number of aromatic carboxylic acids is 1. The van der Waals surface area contributed by atoms with Crippen molar-refractivity contribution in [3.63, 3.8) is 0 Å². The van der Waals surface area contributed by atoms with E-state index in [9.17, 15) is 9.59 Å². The van der Waals surface area contributed by atoms with Gasteiger partial charge in [0.05, 0.1) is 12.1 Å². The molecule has 5 heteroatoms. The number of rotatable bonds is 2. The van der Waals surface area contributed by atoms with Gasteiger partial charge in [0.15, 0.2) is 0 Å². The van der Waals surface area contributed by atoms with Crippen molar-refractivity contribution in [1.82, 2.24) is 5.32 Å². The fourth-order valence-corrected chi connectivity index (χ4v) is 1.94. The number of aryl methyl sites for hydroxylation is 1. The van der Waals surface area contributed by atoms with E-state index in [0.717, 1.165) is 12.2 Å². The van der Waals surface area contributed by atoms with Crippen LogP contribution in [0.25, 0.3) is 0 Å². The van der Waals surface area contributed by atoms with Crippen molar-refractivity contribution in [3.05, 3.63) is 29.3 Å². The lowest BCUT2D eigenvalue weighted by Gasteiger charge is -2.29. The Balaban J connectivity index is 2.25. The zero-order chi connectivity index (χ0) is 12.4. The van der Waals surface area contributed by atoms with Gasteiger partial charge < -0.3 is 15.3 Å². The third-order valence-electron chi connectivity index (χ3n) is 2.84. The molecule has 90 valence electrons. The van der Waals surface area contributed by atoms with Crippen LogP contribution in [-0.2, 0) is 4.79 Å². The topological polar surface area (TPSA) is 69.6 Å². The number of carbonyl (C=O) groups is 2. The first-order valence-corrected chi connectivity index (χ1v) is 5.43. The summed E-state index contributed by atoms with van der Waals surface area (Å²) in [6.07, 6.45) is 0. The molecule has 0 aromatic heterocycles. The Morgan fingerprint density at radius 3 is 2.82 bits per heavy atom. The van der Waals surface area contributed by atoms with E-state index in [-0.39, 0.29) is 5.91 Å². The van der Waals surface area contributed by atoms with E-state index < -0.39 is 5.97 Å². The van der Waals surface area contributed by atoms with Crippen LogP contribution in [0.2, 0.25) is 0 Å². The Morgan fingerprint density at radius 2 is 2.24 bits per heavy atom. The number of hydrogen-bond acceptors (Lipinski definition) is 3. The zero-order valence-electron chi connectivity index (χ0n) is 9.56. The molecule has 0 bridgehead atoms. The van der Waals surface area contributed by atoms with E-state index in [2.05, 4.69) is 5.32 Å². The molecule has 0 radical (unpaired) electrons. The molecule has 17 heavy (non-hydrogen) atoms. The summed E-state index contributed by atoms with van der Waals surface area (Å²) in [5.41, 5.74) is 1.90. The SMILES string of the molecule is Cc1cc(N2CCNC(=O)C2)ccc1C(=O)O. The summed E-state index contributed by atoms with van der Waals surface area (Å²) >= 11 is 0. The summed E-state index contributed by atoms with van der Waals surface area (Å²) in [6, 6.07) is 5.14. The highest BCUT2D eigenvalue weighted by atomic mass is 16.4. The van der Waals surface area contributed by atoms with Crippen LogP contribution in [0.5, 0.6) is 0 Å². The number of hydrogen-bond donors (Lipinski definition) is 2. The van der Waals surface area contributed by atoms with Gasteiger partial charge in [-0.3, -0.25) is 4.79 Å². The number of carboxylic acid groups (broad SMARTS) is 1. The molecule has 0 atom stereocenters. The van der Waals surface area contributed by atoms with Crippen molar-refractivity contribution in [2.45, 2.75) is 6.92 Å². The van der Waals surface area contributed by atoms with E-state index in [1.165, 1.54) is 0 Å². The predicted octanol–water partition coefficient (Wildman–Crippen LogP) is 0.629. The monoisotopic (exact) mass is 234 g/mol. The lowest BCUT2D eigenvalue weighted by Crippen LogP contribution is -2.47. The Morgan fingerprint density at radius 1 is 1.47 bits per heavy atom. The molecule has 1 aromatic carbocycles. The van der Waals surface area contributed by atoms with E-state index in [4.69, 9.17) is 5.11 Å². The van der Waals surface area contributed by atoms with Crippen molar-refractivity contribution in [2.24, 2.45) is 0 Å². The minimum absolute atomic E-state index is 0.00351. The van der Waals surface area contributed by atoms with Crippen LogP contribution >= 0.6 is 0 Å². The summed E-state index contributed by atoms with van der Waals surface area (Å²) < 4.78 is 0. The lowest BCUT2D eigenvalue weighted by molar-refractivity contribution is -0.120. The van der Waals surface area contributed by atoms with E-state index in [1.807, 2.05) is 11.0 Å². The summed E-state index contributed by atoms with van der Waals surface area (Å²) in [7, 11) is 0. The fourth-order valence-electron chi connectivity index (χ4n) is 1.94. The smallest absolute Gasteiger partial charge is 0.335 e. The van der Waals surface area contributed by atoms with Crippen LogP contribution in [0.15, 0.2) is 18.2 Å². The maximum atomic E-state index is 11.3. The van der Waals surface area contributed by atoms with Crippen LogP contribution in [0.1, 0.15) is 15.9 Å². The standard InChI is InChI=1S/C12H14N2O3/c1-8-6-9(2-3-10(8)12(16)17)14-5-4-13-11(15)7-14/h2-3,6H,4-5,7H2,1H3,(H,13,15)(H,16,17). The van der Waals surface area contributed by atoms with Crippen molar-refractivity contribution < 1.29 is 14.7 Å². The number of carbonyl (C=O) groups excluding carboxylic acids is 1. The largest absolute Gasteiger partial charge is 0.478 e. The molecule has 1 heterocycles. The number of carboxylic acids is 1. The average molecular weight is 234 g/mol. The quantitative estimate of drug-likeness (QED) is 0.787. The number of benzene rings is 1. The van der Waals surface area contributed by atoms with Crippen molar-refractivity contribution in [2.75, 3.05) is 24.5 Å². The molecule has 2 N–H and O–H groups in total. The Labute approximate surface area is 99.0 Å². The highest BCUT2D eigenvalue weighted by Gasteiger charge is 2.17.